The second-order valence-corrected chi connectivity index (χ2v) is 5.35. The van der Waals surface area contributed by atoms with Gasteiger partial charge in [-0.15, -0.1) is 0 Å². The molecule has 0 aromatic carbocycles. The van der Waals surface area contributed by atoms with Gasteiger partial charge in [0.2, 0.25) is 0 Å². The molecule has 1 aliphatic rings. The van der Waals surface area contributed by atoms with Crippen LogP contribution in [-0.2, 0) is 4.74 Å². The first-order chi connectivity index (χ1) is 9.19. The molecule has 0 spiro atoms. The van der Waals surface area contributed by atoms with Crippen molar-refractivity contribution in [3.63, 3.8) is 0 Å². The lowest BCUT2D eigenvalue weighted by Gasteiger charge is -2.29. The maximum atomic E-state index is 11.8. The third kappa shape index (κ3) is 2.82. The van der Waals surface area contributed by atoms with Gasteiger partial charge in [0.15, 0.2) is 5.82 Å². The van der Waals surface area contributed by atoms with Crippen molar-refractivity contribution in [3.8, 4) is 0 Å². The van der Waals surface area contributed by atoms with Crippen LogP contribution in [0.1, 0.15) is 36.0 Å². The molecule has 1 aliphatic carbocycles. The van der Waals surface area contributed by atoms with E-state index in [1.54, 1.807) is 0 Å². The second-order valence-electron chi connectivity index (χ2n) is 4.59. The van der Waals surface area contributed by atoms with Gasteiger partial charge in [-0.1, -0.05) is 12.8 Å². The van der Waals surface area contributed by atoms with Gasteiger partial charge in [-0.25, -0.2) is 4.79 Å². The first kappa shape index (κ1) is 14.1. The van der Waals surface area contributed by atoms with E-state index in [1.807, 2.05) is 4.90 Å². The summed E-state index contributed by atoms with van der Waals surface area (Å²) in [7, 11) is 1.33. The van der Waals surface area contributed by atoms with Gasteiger partial charge in [0.1, 0.15) is 10.6 Å². The van der Waals surface area contributed by atoms with E-state index in [0.717, 1.165) is 12.8 Å². The van der Waals surface area contributed by atoms with Crippen molar-refractivity contribution in [2.45, 2.75) is 31.7 Å². The summed E-state index contributed by atoms with van der Waals surface area (Å²) in [5.41, 5.74) is 6.09. The van der Waals surface area contributed by atoms with Gasteiger partial charge in [0.05, 0.1) is 13.7 Å². The Hall–Kier alpha value is -1.34. The molecule has 7 heteroatoms. The van der Waals surface area contributed by atoms with Crippen molar-refractivity contribution in [1.82, 2.24) is 4.37 Å². The van der Waals surface area contributed by atoms with E-state index in [1.165, 1.54) is 31.5 Å². The smallest absolute Gasteiger partial charge is 0.344 e. The van der Waals surface area contributed by atoms with Crippen LogP contribution in [0.5, 0.6) is 0 Å². The van der Waals surface area contributed by atoms with E-state index in [9.17, 15) is 9.90 Å². The molecule has 2 rings (SSSR count). The lowest BCUT2D eigenvalue weighted by Crippen LogP contribution is -2.36. The topological polar surface area (TPSA) is 88.7 Å². The lowest BCUT2D eigenvalue weighted by atomic mass is 10.2. The zero-order valence-electron chi connectivity index (χ0n) is 11.0. The molecular weight excluding hydrogens is 266 g/mol. The fourth-order valence-corrected chi connectivity index (χ4v) is 3.46. The Labute approximate surface area is 116 Å². The minimum Gasteiger partial charge on any atom is -0.465 e. The van der Waals surface area contributed by atoms with Crippen LogP contribution in [-0.4, -0.2) is 41.8 Å². The summed E-state index contributed by atoms with van der Waals surface area (Å²) < 4.78 is 8.82. The molecule has 0 unspecified atom stereocenters. The lowest BCUT2D eigenvalue weighted by molar-refractivity contribution is 0.0602. The number of carbonyl (C=O) groups is 1. The normalized spacial score (nSPS) is 15.7. The number of esters is 1. The maximum Gasteiger partial charge on any atom is 0.344 e. The molecule has 6 nitrogen and oxygen atoms in total. The van der Waals surface area contributed by atoms with Gasteiger partial charge in [-0.3, -0.25) is 0 Å². The molecule has 1 aromatic rings. The number of anilines is 2. The number of nitrogen functional groups attached to an aromatic ring is 1. The first-order valence-corrected chi connectivity index (χ1v) is 7.17. The van der Waals surface area contributed by atoms with Crippen molar-refractivity contribution >= 4 is 28.3 Å². The number of nitrogens with zero attached hydrogens (tertiary/aromatic N) is 2. The van der Waals surface area contributed by atoms with Crippen LogP contribution < -0.4 is 10.6 Å². The summed E-state index contributed by atoms with van der Waals surface area (Å²) in [5.74, 6) is -0.269. The molecule has 19 heavy (non-hydrogen) atoms. The molecular formula is C12H19N3O3S. The highest BCUT2D eigenvalue weighted by Gasteiger charge is 2.29. The van der Waals surface area contributed by atoms with Crippen LogP contribution in [0.2, 0.25) is 0 Å². The number of aliphatic hydroxyl groups is 1. The van der Waals surface area contributed by atoms with Crippen LogP contribution in [0.3, 0.4) is 0 Å². The average molecular weight is 285 g/mol. The number of ether oxygens (including phenoxy) is 1. The Morgan fingerprint density at radius 2 is 2.26 bits per heavy atom. The largest absolute Gasteiger partial charge is 0.465 e. The van der Waals surface area contributed by atoms with Crippen LogP contribution in [0.25, 0.3) is 0 Å². The molecule has 0 bridgehead atoms. The van der Waals surface area contributed by atoms with Crippen molar-refractivity contribution in [2.75, 3.05) is 30.9 Å². The number of hydrogen-bond acceptors (Lipinski definition) is 7. The number of nitrogens with two attached hydrogens (primary N) is 1. The predicted octanol–water partition coefficient (Wildman–Crippen LogP) is 1.25. The van der Waals surface area contributed by atoms with Gasteiger partial charge >= 0.3 is 5.97 Å². The summed E-state index contributed by atoms with van der Waals surface area (Å²) in [6.45, 7) is 0.519. The first-order valence-electron chi connectivity index (χ1n) is 6.40. The summed E-state index contributed by atoms with van der Waals surface area (Å²) in [5, 5.41) is 9.96. The Morgan fingerprint density at radius 1 is 1.58 bits per heavy atom. The number of hydrogen-bond donors (Lipinski definition) is 2. The number of aromatic nitrogens is 1. The third-order valence-corrected chi connectivity index (χ3v) is 4.36. The summed E-state index contributed by atoms with van der Waals surface area (Å²) in [6, 6.07) is 0.343. The molecule has 106 valence electrons. The molecule has 0 radical (unpaired) electrons. The number of carbonyl (C=O) groups excluding carboxylic acids is 1. The van der Waals surface area contributed by atoms with E-state index in [4.69, 9.17) is 10.5 Å². The molecule has 1 aromatic heterocycles. The predicted molar refractivity (Wildman–Crippen MR) is 74.6 cm³/mol. The molecule has 3 N–H and O–H groups in total. The fourth-order valence-electron chi connectivity index (χ4n) is 2.56. The van der Waals surface area contributed by atoms with E-state index >= 15 is 0 Å². The van der Waals surface area contributed by atoms with Gasteiger partial charge < -0.3 is 20.5 Å². The third-order valence-electron chi connectivity index (χ3n) is 3.46. The van der Waals surface area contributed by atoms with E-state index in [2.05, 4.69) is 4.37 Å². The quantitative estimate of drug-likeness (QED) is 0.792. The molecule has 0 amide bonds. The summed E-state index contributed by atoms with van der Waals surface area (Å²) in [4.78, 5) is 13.9. The highest BCUT2D eigenvalue weighted by atomic mass is 32.1. The van der Waals surface area contributed by atoms with Crippen molar-refractivity contribution in [3.05, 3.63) is 5.56 Å². The maximum absolute atomic E-state index is 11.8. The van der Waals surface area contributed by atoms with Crippen LogP contribution in [0.4, 0.5) is 10.8 Å². The van der Waals surface area contributed by atoms with Crippen LogP contribution >= 0.6 is 11.5 Å². The molecule has 1 saturated carbocycles. The molecule has 1 heterocycles. The minimum atomic E-state index is -0.470. The standard InChI is InChI=1S/C12H19N3O3S/c1-18-12(17)9-10(13)14-19-11(9)15(6-7-16)8-4-2-3-5-8/h8,16H,2-7H2,1H3,(H2,13,14). The number of methoxy groups -OCH3 is 1. The number of rotatable bonds is 5. The SMILES string of the molecule is COC(=O)c1c(N)nsc1N(CCO)C1CCCC1. The zero-order valence-corrected chi connectivity index (χ0v) is 11.8. The van der Waals surface area contributed by atoms with Gasteiger partial charge in [0, 0.05) is 12.6 Å². The molecule has 0 atom stereocenters. The second kappa shape index (κ2) is 6.21. The Morgan fingerprint density at radius 3 is 2.84 bits per heavy atom. The van der Waals surface area contributed by atoms with Gasteiger partial charge in [-0.2, -0.15) is 4.37 Å². The highest BCUT2D eigenvalue weighted by molar-refractivity contribution is 7.11. The van der Waals surface area contributed by atoms with Crippen molar-refractivity contribution < 1.29 is 14.6 Å². The number of aliphatic hydroxyl groups excluding tert-OH is 1. The van der Waals surface area contributed by atoms with Gasteiger partial charge in [0.25, 0.3) is 0 Å². The van der Waals surface area contributed by atoms with E-state index in [-0.39, 0.29) is 12.4 Å². The van der Waals surface area contributed by atoms with Crippen molar-refractivity contribution in [1.29, 1.82) is 0 Å². The fraction of sp³-hybridized carbons (Fsp3) is 0.667. The van der Waals surface area contributed by atoms with Gasteiger partial charge in [-0.05, 0) is 24.4 Å². The molecule has 0 aliphatic heterocycles. The minimum absolute atomic E-state index is 0.0366. The van der Waals surface area contributed by atoms with E-state index in [0.29, 0.717) is 23.2 Å². The summed E-state index contributed by atoms with van der Waals surface area (Å²) in [6.07, 6.45) is 4.49. The Balaban J connectivity index is 2.33. The zero-order chi connectivity index (χ0) is 13.8. The molecule has 0 saturated heterocycles. The van der Waals surface area contributed by atoms with Crippen LogP contribution in [0, 0.1) is 0 Å². The average Bonchev–Trinajstić information content (AvgIpc) is 3.05. The highest BCUT2D eigenvalue weighted by Crippen LogP contribution is 2.36. The van der Waals surface area contributed by atoms with E-state index < -0.39 is 5.97 Å². The Bertz CT molecular complexity index is 443. The molecule has 1 fully saturated rings. The van der Waals surface area contributed by atoms with Crippen LogP contribution in [0.15, 0.2) is 0 Å². The Kier molecular flexibility index (Phi) is 4.60. The monoisotopic (exact) mass is 285 g/mol. The summed E-state index contributed by atoms with van der Waals surface area (Å²) >= 11 is 1.19. The van der Waals surface area contributed by atoms with Crippen molar-refractivity contribution in [2.24, 2.45) is 0 Å².